The van der Waals surface area contributed by atoms with E-state index in [0.29, 0.717) is 0 Å². The van der Waals surface area contributed by atoms with Gasteiger partial charge < -0.3 is 0 Å². The summed E-state index contributed by atoms with van der Waals surface area (Å²) in [5.74, 6) is 0. The normalized spacial score (nSPS) is 10.6. The van der Waals surface area contributed by atoms with Gasteiger partial charge in [0.2, 0.25) is 0 Å². The fourth-order valence-corrected chi connectivity index (χ4v) is 5.28. The first-order chi connectivity index (χ1) is 8.54. The molecule has 2 heterocycles. The topological polar surface area (TPSA) is 34.1 Å². The molecule has 0 fully saturated rings. The van der Waals surface area contributed by atoms with Crippen LogP contribution in [0, 0.1) is 0 Å². The van der Waals surface area contributed by atoms with Crippen molar-refractivity contribution in [1.29, 1.82) is 0 Å². The van der Waals surface area contributed by atoms with Crippen molar-refractivity contribution in [2.45, 2.75) is 22.3 Å². The summed E-state index contributed by atoms with van der Waals surface area (Å²) in [6.45, 7) is 3.13. The molecule has 0 aromatic carbocycles. The fraction of sp³-hybridized carbons (Fsp3) is 0.167. The Hall–Kier alpha value is -0.560. The van der Waals surface area contributed by atoms with E-state index in [0.717, 1.165) is 18.2 Å². The summed E-state index contributed by atoms with van der Waals surface area (Å²) in [5.41, 5.74) is 0. The molecule has 0 aliphatic carbocycles. The van der Waals surface area contributed by atoms with Crippen LogP contribution in [0.3, 0.4) is 0 Å². The van der Waals surface area contributed by atoms with Gasteiger partial charge in [0, 0.05) is 23.6 Å². The highest BCUT2D eigenvalue weighted by Gasteiger charge is 2.09. The zero-order valence-corrected chi connectivity index (χ0v) is 13.0. The Kier molecular flexibility index (Phi) is 4.66. The van der Waals surface area contributed by atoms with Crippen LogP contribution in [0.4, 0.5) is 0 Å². The van der Waals surface area contributed by atoms with Crippen molar-refractivity contribution >= 4 is 56.4 Å². The molecule has 6 heteroatoms. The number of thioether (sulfide) groups is 2. The van der Waals surface area contributed by atoms with E-state index in [1.165, 1.54) is 23.5 Å². The van der Waals surface area contributed by atoms with Gasteiger partial charge in [-0.15, -0.1) is 22.7 Å². The molecule has 2 aromatic heterocycles. The van der Waals surface area contributed by atoms with Crippen LogP contribution in [0.5, 0.6) is 0 Å². The lowest BCUT2D eigenvalue weighted by molar-refractivity contribution is -0.109. The molecule has 0 saturated carbocycles. The standard InChI is InChI=1S/C12H10O2S4/c1-7(13)15-11-5-3-9(17-11)10-4-6-12(18-10)16-8(2)14/h3-6H,1-2H3. The lowest BCUT2D eigenvalue weighted by atomic mass is 10.4. The van der Waals surface area contributed by atoms with Gasteiger partial charge in [0.15, 0.2) is 10.2 Å². The molecule has 0 aliphatic heterocycles. The van der Waals surface area contributed by atoms with Crippen LogP contribution in [-0.2, 0) is 9.59 Å². The molecule has 0 bridgehead atoms. The maximum atomic E-state index is 11.0. The molecule has 2 nitrogen and oxygen atoms in total. The Morgan fingerprint density at radius 2 is 1.22 bits per heavy atom. The molecular weight excluding hydrogens is 304 g/mol. The first-order valence-electron chi connectivity index (χ1n) is 5.11. The van der Waals surface area contributed by atoms with Gasteiger partial charge >= 0.3 is 0 Å². The second-order valence-electron chi connectivity index (χ2n) is 3.42. The van der Waals surface area contributed by atoms with Gasteiger partial charge in [0.25, 0.3) is 0 Å². The Labute approximate surface area is 122 Å². The van der Waals surface area contributed by atoms with Crippen LogP contribution in [-0.4, -0.2) is 10.2 Å². The average Bonchev–Trinajstić information content (AvgIpc) is 2.85. The van der Waals surface area contributed by atoms with Crippen LogP contribution in [0.25, 0.3) is 9.75 Å². The molecule has 0 N–H and O–H groups in total. The summed E-state index contributed by atoms with van der Waals surface area (Å²) < 4.78 is 2.01. The highest BCUT2D eigenvalue weighted by atomic mass is 32.2. The smallest absolute Gasteiger partial charge is 0.191 e. The van der Waals surface area contributed by atoms with Crippen molar-refractivity contribution in [3.63, 3.8) is 0 Å². The number of carbonyl (C=O) groups is 2. The van der Waals surface area contributed by atoms with Gasteiger partial charge in [-0.3, -0.25) is 9.59 Å². The first-order valence-corrected chi connectivity index (χ1v) is 8.38. The van der Waals surface area contributed by atoms with Crippen LogP contribution in [0.2, 0.25) is 0 Å². The fourth-order valence-electron chi connectivity index (χ4n) is 1.30. The zero-order valence-electron chi connectivity index (χ0n) is 9.76. The summed E-state index contributed by atoms with van der Waals surface area (Å²) in [4.78, 5) is 24.3. The highest BCUT2D eigenvalue weighted by molar-refractivity contribution is 8.15. The van der Waals surface area contributed by atoms with Crippen molar-refractivity contribution in [3.8, 4) is 9.75 Å². The molecule has 0 spiro atoms. The van der Waals surface area contributed by atoms with E-state index in [1.54, 1.807) is 36.5 Å². The maximum Gasteiger partial charge on any atom is 0.191 e. The van der Waals surface area contributed by atoms with E-state index in [1.807, 2.05) is 24.3 Å². The Morgan fingerprint density at radius 3 is 1.56 bits per heavy atom. The van der Waals surface area contributed by atoms with E-state index in [9.17, 15) is 9.59 Å². The average molecular weight is 314 g/mol. The highest BCUT2D eigenvalue weighted by Crippen LogP contribution is 2.39. The third-order valence-electron chi connectivity index (χ3n) is 1.89. The van der Waals surface area contributed by atoms with E-state index >= 15 is 0 Å². The molecule has 2 aromatic rings. The van der Waals surface area contributed by atoms with Gasteiger partial charge in [-0.05, 0) is 47.8 Å². The zero-order chi connectivity index (χ0) is 13.1. The van der Waals surface area contributed by atoms with Gasteiger partial charge in [0.05, 0.1) is 8.42 Å². The largest absolute Gasteiger partial charge is 0.287 e. The minimum Gasteiger partial charge on any atom is -0.287 e. The molecule has 0 amide bonds. The number of thiophene rings is 2. The van der Waals surface area contributed by atoms with Crippen LogP contribution in [0.15, 0.2) is 32.7 Å². The summed E-state index contributed by atoms with van der Waals surface area (Å²) >= 11 is 5.72. The SMILES string of the molecule is CC(=O)Sc1ccc(-c2ccc(SC(C)=O)s2)s1. The second-order valence-corrected chi connectivity index (χ2v) is 8.55. The Balaban J connectivity index is 2.15. The molecule has 0 atom stereocenters. The van der Waals surface area contributed by atoms with E-state index in [2.05, 4.69) is 0 Å². The third-order valence-corrected chi connectivity index (χ3v) is 6.10. The predicted octanol–water partition coefficient (Wildman–Crippen LogP) is 4.75. The quantitative estimate of drug-likeness (QED) is 0.765. The number of carbonyl (C=O) groups excluding carboxylic acids is 2. The van der Waals surface area contributed by atoms with E-state index in [4.69, 9.17) is 0 Å². The van der Waals surface area contributed by atoms with Crippen LogP contribution < -0.4 is 0 Å². The van der Waals surface area contributed by atoms with Crippen molar-refractivity contribution in [2.24, 2.45) is 0 Å². The summed E-state index contributed by atoms with van der Waals surface area (Å²) in [5, 5.41) is 0.199. The van der Waals surface area contributed by atoms with E-state index in [-0.39, 0.29) is 10.2 Å². The van der Waals surface area contributed by atoms with Gasteiger partial charge in [-0.2, -0.15) is 0 Å². The lowest BCUT2D eigenvalue weighted by Crippen LogP contribution is -1.75. The predicted molar refractivity (Wildman–Crippen MR) is 80.7 cm³/mol. The van der Waals surface area contributed by atoms with Crippen molar-refractivity contribution < 1.29 is 9.59 Å². The van der Waals surface area contributed by atoms with Crippen molar-refractivity contribution in [2.75, 3.05) is 0 Å². The number of hydrogen-bond donors (Lipinski definition) is 0. The Morgan fingerprint density at radius 1 is 0.833 bits per heavy atom. The molecule has 0 saturated heterocycles. The van der Waals surface area contributed by atoms with Crippen molar-refractivity contribution in [3.05, 3.63) is 24.3 Å². The van der Waals surface area contributed by atoms with Gasteiger partial charge in [0.1, 0.15) is 0 Å². The van der Waals surface area contributed by atoms with Crippen molar-refractivity contribution in [1.82, 2.24) is 0 Å². The van der Waals surface area contributed by atoms with E-state index < -0.39 is 0 Å². The molecular formula is C12H10O2S4. The summed E-state index contributed by atoms with van der Waals surface area (Å²) in [6, 6.07) is 7.96. The molecule has 94 valence electrons. The molecule has 2 rings (SSSR count). The van der Waals surface area contributed by atoms with Gasteiger partial charge in [-0.25, -0.2) is 0 Å². The van der Waals surface area contributed by atoms with Crippen LogP contribution in [0.1, 0.15) is 13.8 Å². The number of rotatable bonds is 3. The summed E-state index contributed by atoms with van der Waals surface area (Å²) in [6.07, 6.45) is 0. The second kappa shape index (κ2) is 6.06. The molecule has 0 aliphatic rings. The number of hydrogen-bond acceptors (Lipinski definition) is 6. The maximum absolute atomic E-state index is 11.0. The first kappa shape index (κ1) is 13.9. The van der Waals surface area contributed by atoms with Gasteiger partial charge in [-0.1, -0.05) is 0 Å². The third kappa shape index (κ3) is 3.71. The lowest BCUT2D eigenvalue weighted by Gasteiger charge is -1.91. The minimum absolute atomic E-state index is 0.0994. The minimum atomic E-state index is 0.0994. The summed E-state index contributed by atoms with van der Waals surface area (Å²) in [7, 11) is 0. The van der Waals surface area contributed by atoms with Crippen LogP contribution >= 0.6 is 46.2 Å². The molecule has 18 heavy (non-hydrogen) atoms. The molecule has 0 unspecified atom stereocenters. The Bertz CT molecular complexity index is 530. The monoisotopic (exact) mass is 314 g/mol. The molecule has 0 radical (unpaired) electrons.